The molecule has 0 aliphatic carbocycles. The lowest BCUT2D eigenvalue weighted by Crippen LogP contribution is -2.36. The van der Waals surface area contributed by atoms with Gasteiger partial charge in [-0.1, -0.05) is 6.07 Å². The van der Waals surface area contributed by atoms with E-state index in [4.69, 9.17) is 0 Å². The maximum Gasteiger partial charge on any atom is 0.0886 e. The van der Waals surface area contributed by atoms with E-state index >= 15 is 0 Å². The standard InChI is InChI=1S/C9H11N2/c1-3-9(7-10-4-1)8-11-5-2-6-11/h1,3,7H,2,5-6,8H2. The van der Waals surface area contributed by atoms with Crippen LogP contribution in [0, 0.1) is 6.20 Å². The first-order valence-electron chi connectivity index (χ1n) is 3.98. The molecule has 1 saturated heterocycles. The van der Waals surface area contributed by atoms with Crippen molar-refractivity contribution < 1.29 is 0 Å². The minimum absolute atomic E-state index is 1.06. The molecule has 0 bridgehead atoms. The molecule has 0 unspecified atom stereocenters. The van der Waals surface area contributed by atoms with Crippen molar-refractivity contribution in [1.29, 1.82) is 0 Å². The van der Waals surface area contributed by atoms with Crippen molar-refractivity contribution in [1.82, 2.24) is 9.88 Å². The molecule has 0 N–H and O–H groups in total. The third-order valence-electron chi connectivity index (χ3n) is 2.03. The molecular weight excluding hydrogens is 136 g/mol. The number of rotatable bonds is 2. The van der Waals surface area contributed by atoms with Gasteiger partial charge in [0.1, 0.15) is 0 Å². The van der Waals surface area contributed by atoms with E-state index in [2.05, 4.69) is 22.1 Å². The molecule has 1 fully saturated rings. The van der Waals surface area contributed by atoms with Crippen LogP contribution in [0.1, 0.15) is 12.0 Å². The molecule has 2 nitrogen and oxygen atoms in total. The molecule has 57 valence electrons. The molecule has 0 saturated carbocycles. The lowest BCUT2D eigenvalue weighted by Gasteiger charge is -2.30. The Bertz CT molecular complexity index is 216. The van der Waals surface area contributed by atoms with Gasteiger partial charge in [0.05, 0.1) is 6.20 Å². The van der Waals surface area contributed by atoms with Crippen molar-refractivity contribution >= 4 is 0 Å². The molecule has 2 heterocycles. The van der Waals surface area contributed by atoms with E-state index in [-0.39, 0.29) is 0 Å². The topological polar surface area (TPSA) is 16.1 Å². The fourth-order valence-electron chi connectivity index (χ4n) is 1.24. The summed E-state index contributed by atoms with van der Waals surface area (Å²) in [6.45, 7) is 3.55. The molecule has 0 aromatic carbocycles. The van der Waals surface area contributed by atoms with Crippen LogP contribution in [0.4, 0.5) is 0 Å². The van der Waals surface area contributed by atoms with E-state index in [1.807, 2.05) is 12.3 Å². The maximum absolute atomic E-state index is 3.94. The summed E-state index contributed by atoms with van der Waals surface area (Å²) in [5.41, 5.74) is 1.29. The number of hydrogen-bond acceptors (Lipinski definition) is 2. The van der Waals surface area contributed by atoms with Gasteiger partial charge in [0.2, 0.25) is 0 Å². The van der Waals surface area contributed by atoms with Gasteiger partial charge in [-0.3, -0.25) is 9.88 Å². The Kier molecular flexibility index (Phi) is 1.86. The van der Waals surface area contributed by atoms with Crippen LogP contribution in [-0.4, -0.2) is 23.0 Å². The minimum atomic E-state index is 1.06. The monoisotopic (exact) mass is 147 g/mol. The van der Waals surface area contributed by atoms with Gasteiger partial charge in [0.15, 0.2) is 0 Å². The first kappa shape index (κ1) is 6.80. The van der Waals surface area contributed by atoms with E-state index < -0.39 is 0 Å². The van der Waals surface area contributed by atoms with Crippen LogP contribution in [0.3, 0.4) is 0 Å². The normalized spacial score (nSPS) is 17.8. The van der Waals surface area contributed by atoms with Gasteiger partial charge in [-0.25, -0.2) is 0 Å². The molecule has 1 radical (unpaired) electrons. The molecule has 2 rings (SSSR count). The molecule has 1 aromatic heterocycles. The number of likely N-dealkylation sites (tertiary alicyclic amines) is 1. The van der Waals surface area contributed by atoms with Gasteiger partial charge < -0.3 is 0 Å². The summed E-state index contributed by atoms with van der Waals surface area (Å²) < 4.78 is 0. The van der Waals surface area contributed by atoms with Gasteiger partial charge in [-0.15, -0.1) is 0 Å². The second-order valence-corrected chi connectivity index (χ2v) is 2.93. The zero-order chi connectivity index (χ0) is 7.52. The predicted octanol–water partition coefficient (Wildman–Crippen LogP) is 1.09. The number of aromatic nitrogens is 1. The second-order valence-electron chi connectivity index (χ2n) is 2.93. The Balaban J connectivity index is 1.95. The zero-order valence-corrected chi connectivity index (χ0v) is 6.45. The predicted molar refractivity (Wildman–Crippen MR) is 43.0 cm³/mol. The lowest BCUT2D eigenvalue weighted by molar-refractivity contribution is 0.172. The van der Waals surface area contributed by atoms with E-state index in [0.717, 1.165) is 6.54 Å². The van der Waals surface area contributed by atoms with Crippen molar-refractivity contribution in [3.63, 3.8) is 0 Å². The number of hydrogen-bond donors (Lipinski definition) is 0. The highest BCUT2D eigenvalue weighted by atomic mass is 15.2. The van der Waals surface area contributed by atoms with E-state index in [1.54, 1.807) is 0 Å². The molecule has 1 aromatic rings. The highest BCUT2D eigenvalue weighted by Crippen LogP contribution is 2.10. The largest absolute Gasteiger partial charge is 0.299 e. The third kappa shape index (κ3) is 1.57. The fraction of sp³-hybridized carbons (Fsp3) is 0.444. The van der Waals surface area contributed by atoms with Crippen LogP contribution < -0.4 is 0 Å². The zero-order valence-electron chi connectivity index (χ0n) is 6.45. The van der Waals surface area contributed by atoms with Crippen molar-refractivity contribution in [2.75, 3.05) is 13.1 Å². The Morgan fingerprint density at radius 1 is 1.55 bits per heavy atom. The molecule has 2 heteroatoms. The molecule has 1 aliphatic heterocycles. The average molecular weight is 147 g/mol. The summed E-state index contributed by atoms with van der Waals surface area (Å²) in [4.78, 5) is 6.36. The summed E-state index contributed by atoms with van der Waals surface area (Å²) in [5, 5.41) is 0. The Hall–Kier alpha value is -0.890. The molecule has 0 spiro atoms. The lowest BCUT2D eigenvalue weighted by atomic mass is 10.2. The van der Waals surface area contributed by atoms with Crippen LogP contribution in [0.2, 0.25) is 0 Å². The Morgan fingerprint density at radius 3 is 3.00 bits per heavy atom. The molecule has 1 aliphatic rings. The van der Waals surface area contributed by atoms with Crippen LogP contribution in [0.15, 0.2) is 18.3 Å². The van der Waals surface area contributed by atoms with Crippen LogP contribution in [-0.2, 0) is 6.54 Å². The fourth-order valence-corrected chi connectivity index (χ4v) is 1.24. The van der Waals surface area contributed by atoms with Crippen LogP contribution in [0.5, 0.6) is 0 Å². The molecule has 0 amide bonds. The van der Waals surface area contributed by atoms with Gasteiger partial charge in [0.25, 0.3) is 0 Å². The molecule has 11 heavy (non-hydrogen) atoms. The quantitative estimate of drug-likeness (QED) is 0.622. The smallest absolute Gasteiger partial charge is 0.0886 e. The average Bonchev–Trinajstić information content (AvgIpc) is 1.99. The second kappa shape index (κ2) is 3.01. The highest BCUT2D eigenvalue weighted by molar-refractivity contribution is 5.07. The van der Waals surface area contributed by atoms with Gasteiger partial charge >= 0.3 is 0 Å². The van der Waals surface area contributed by atoms with E-state index in [9.17, 15) is 0 Å². The van der Waals surface area contributed by atoms with Crippen molar-refractivity contribution in [3.05, 3.63) is 30.1 Å². The van der Waals surface area contributed by atoms with Gasteiger partial charge in [-0.2, -0.15) is 0 Å². The van der Waals surface area contributed by atoms with Gasteiger partial charge in [0, 0.05) is 12.7 Å². The first-order valence-corrected chi connectivity index (χ1v) is 3.98. The third-order valence-corrected chi connectivity index (χ3v) is 2.03. The minimum Gasteiger partial charge on any atom is -0.299 e. The van der Waals surface area contributed by atoms with E-state index in [1.165, 1.54) is 25.1 Å². The molecular formula is C9H11N2. The number of nitrogens with zero attached hydrogens (tertiary/aromatic N) is 2. The summed E-state index contributed by atoms with van der Waals surface area (Å²) in [6, 6.07) is 3.94. The van der Waals surface area contributed by atoms with Gasteiger partial charge in [-0.05, 0) is 31.1 Å². The van der Waals surface area contributed by atoms with Crippen LogP contribution in [0.25, 0.3) is 0 Å². The van der Waals surface area contributed by atoms with Crippen LogP contribution >= 0.6 is 0 Å². The van der Waals surface area contributed by atoms with Crippen molar-refractivity contribution in [3.8, 4) is 0 Å². The SMILES string of the molecule is [c]1ccc(CN2CCC2)cn1. The maximum atomic E-state index is 3.94. The summed E-state index contributed by atoms with van der Waals surface area (Å²) in [6.07, 6.45) is 6.01. The summed E-state index contributed by atoms with van der Waals surface area (Å²) in [5.74, 6) is 0. The summed E-state index contributed by atoms with van der Waals surface area (Å²) >= 11 is 0. The summed E-state index contributed by atoms with van der Waals surface area (Å²) in [7, 11) is 0. The van der Waals surface area contributed by atoms with E-state index in [0.29, 0.717) is 0 Å². The van der Waals surface area contributed by atoms with Crippen molar-refractivity contribution in [2.24, 2.45) is 0 Å². The highest BCUT2D eigenvalue weighted by Gasteiger charge is 2.12. The Morgan fingerprint density at radius 2 is 2.45 bits per heavy atom. The Labute approximate surface area is 66.9 Å². The number of pyridine rings is 1. The molecule has 0 atom stereocenters. The van der Waals surface area contributed by atoms with Crippen molar-refractivity contribution in [2.45, 2.75) is 13.0 Å². The first-order chi connectivity index (χ1) is 5.45.